The molecule has 0 spiro atoms. The number of carbonyl (C=O) groups excluding carboxylic acids is 1. The Morgan fingerprint density at radius 2 is 2.19 bits per heavy atom. The highest BCUT2D eigenvalue weighted by Crippen LogP contribution is 2.32. The van der Waals surface area contributed by atoms with Gasteiger partial charge in [-0.05, 0) is 48.6 Å². The van der Waals surface area contributed by atoms with Crippen LogP contribution in [0, 0.1) is 17.2 Å². The molecule has 140 valence electrons. The van der Waals surface area contributed by atoms with Gasteiger partial charge in [0.2, 0.25) is 5.91 Å². The second kappa shape index (κ2) is 8.51. The second-order valence-electron chi connectivity index (χ2n) is 6.90. The SMILES string of the molecule is CCCN(CC(O)c1cccnc1)C(=O)C1Cc2cc(Cl)c(C#N)cc2C1. The normalized spacial score (nSPS) is 16.4. The molecule has 1 aliphatic rings. The van der Waals surface area contributed by atoms with Crippen LogP contribution in [0.25, 0.3) is 0 Å². The van der Waals surface area contributed by atoms with E-state index < -0.39 is 6.10 Å². The van der Waals surface area contributed by atoms with Crippen molar-refractivity contribution in [3.8, 4) is 6.07 Å². The fraction of sp³-hybridized carbons (Fsp3) is 0.381. The van der Waals surface area contributed by atoms with Gasteiger partial charge in [-0.3, -0.25) is 9.78 Å². The number of nitriles is 1. The van der Waals surface area contributed by atoms with E-state index in [0.29, 0.717) is 35.5 Å². The minimum Gasteiger partial charge on any atom is -0.386 e. The fourth-order valence-electron chi connectivity index (χ4n) is 3.61. The van der Waals surface area contributed by atoms with Crippen LogP contribution in [0.1, 0.15) is 41.7 Å². The third-order valence-electron chi connectivity index (χ3n) is 4.96. The minimum absolute atomic E-state index is 0.0330. The van der Waals surface area contributed by atoms with E-state index >= 15 is 0 Å². The zero-order valence-corrected chi connectivity index (χ0v) is 16.0. The molecule has 1 aromatic carbocycles. The number of aliphatic hydroxyl groups excluding tert-OH is 1. The lowest BCUT2D eigenvalue weighted by atomic mass is 10.0. The van der Waals surface area contributed by atoms with Crippen LogP contribution < -0.4 is 0 Å². The first-order valence-corrected chi connectivity index (χ1v) is 9.49. The third kappa shape index (κ3) is 4.29. The van der Waals surface area contributed by atoms with Gasteiger partial charge < -0.3 is 10.0 Å². The summed E-state index contributed by atoms with van der Waals surface area (Å²) in [6.07, 6.45) is 4.54. The number of aliphatic hydroxyl groups is 1. The van der Waals surface area contributed by atoms with Crippen LogP contribution in [-0.4, -0.2) is 34.0 Å². The molecule has 6 heteroatoms. The van der Waals surface area contributed by atoms with Crippen molar-refractivity contribution in [1.29, 1.82) is 5.26 Å². The molecule has 0 radical (unpaired) electrons. The minimum atomic E-state index is -0.766. The lowest BCUT2D eigenvalue weighted by Gasteiger charge is -2.27. The summed E-state index contributed by atoms with van der Waals surface area (Å²) in [7, 11) is 0. The van der Waals surface area contributed by atoms with Crippen molar-refractivity contribution in [2.24, 2.45) is 5.92 Å². The van der Waals surface area contributed by atoms with Gasteiger partial charge in [0, 0.05) is 30.4 Å². The predicted octanol–water partition coefficient (Wildman–Crippen LogP) is 3.29. The quantitative estimate of drug-likeness (QED) is 0.830. The predicted molar refractivity (Wildman–Crippen MR) is 103 cm³/mol. The van der Waals surface area contributed by atoms with Crippen LogP contribution in [0.3, 0.4) is 0 Å². The van der Waals surface area contributed by atoms with Crippen molar-refractivity contribution in [2.45, 2.75) is 32.3 Å². The maximum Gasteiger partial charge on any atom is 0.226 e. The van der Waals surface area contributed by atoms with Crippen LogP contribution in [0.5, 0.6) is 0 Å². The first-order chi connectivity index (χ1) is 13.0. The zero-order valence-electron chi connectivity index (χ0n) is 15.2. The molecule has 1 aliphatic carbocycles. The molecule has 1 amide bonds. The van der Waals surface area contributed by atoms with E-state index in [9.17, 15) is 9.90 Å². The van der Waals surface area contributed by atoms with Gasteiger partial charge in [-0.25, -0.2) is 0 Å². The molecule has 27 heavy (non-hydrogen) atoms. The summed E-state index contributed by atoms with van der Waals surface area (Å²) in [5.74, 6) is -0.150. The second-order valence-corrected chi connectivity index (χ2v) is 7.31. The van der Waals surface area contributed by atoms with Gasteiger partial charge in [0.05, 0.1) is 23.2 Å². The van der Waals surface area contributed by atoms with E-state index in [0.717, 1.165) is 17.5 Å². The first-order valence-electron chi connectivity index (χ1n) is 9.11. The van der Waals surface area contributed by atoms with Crippen molar-refractivity contribution in [1.82, 2.24) is 9.88 Å². The van der Waals surface area contributed by atoms with Gasteiger partial charge in [0.25, 0.3) is 0 Å². The molecule has 0 saturated carbocycles. The molecule has 1 aromatic heterocycles. The number of hydrogen-bond acceptors (Lipinski definition) is 4. The highest BCUT2D eigenvalue weighted by Gasteiger charge is 2.32. The monoisotopic (exact) mass is 383 g/mol. The summed E-state index contributed by atoms with van der Waals surface area (Å²) in [5, 5.41) is 20.1. The van der Waals surface area contributed by atoms with Gasteiger partial charge in [-0.2, -0.15) is 5.26 Å². The van der Waals surface area contributed by atoms with Crippen LogP contribution in [0.15, 0.2) is 36.7 Å². The van der Waals surface area contributed by atoms with Gasteiger partial charge in [0.15, 0.2) is 0 Å². The molecule has 0 bridgehead atoms. The Bertz CT molecular complexity index is 864. The summed E-state index contributed by atoms with van der Waals surface area (Å²) >= 11 is 6.13. The van der Waals surface area contributed by atoms with Crippen molar-refractivity contribution in [3.63, 3.8) is 0 Å². The number of fused-ring (bicyclic) bond motifs is 1. The maximum atomic E-state index is 13.1. The number of halogens is 1. The number of hydrogen-bond donors (Lipinski definition) is 1. The van der Waals surface area contributed by atoms with E-state index in [4.69, 9.17) is 16.9 Å². The van der Waals surface area contributed by atoms with Gasteiger partial charge in [-0.1, -0.05) is 24.6 Å². The molecular weight excluding hydrogens is 362 g/mol. The lowest BCUT2D eigenvalue weighted by molar-refractivity contribution is -0.136. The Morgan fingerprint density at radius 1 is 1.44 bits per heavy atom. The number of aromatic nitrogens is 1. The number of carbonyl (C=O) groups is 1. The first kappa shape index (κ1) is 19.3. The van der Waals surface area contributed by atoms with Crippen LogP contribution in [-0.2, 0) is 17.6 Å². The molecule has 1 N–H and O–H groups in total. The highest BCUT2D eigenvalue weighted by molar-refractivity contribution is 6.31. The fourth-order valence-corrected chi connectivity index (χ4v) is 3.84. The van der Waals surface area contributed by atoms with Crippen molar-refractivity contribution < 1.29 is 9.90 Å². The van der Waals surface area contributed by atoms with Gasteiger partial charge in [-0.15, -0.1) is 0 Å². The Morgan fingerprint density at radius 3 is 2.81 bits per heavy atom. The zero-order chi connectivity index (χ0) is 19.4. The molecule has 0 aliphatic heterocycles. The third-order valence-corrected chi connectivity index (χ3v) is 5.27. The smallest absolute Gasteiger partial charge is 0.226 e. The number of pyridine rings is 1. The Kier molecular flexibility index (Phi) is 6.10. The summed E-state index contributed by atoms with van der Waals surface area (Å²) in [5.41, 5.74) is 3.19. The number of benzene rings is 1. The Labute approximate surface area is 164 Å². The van der Waals surface area contributed by atoms with Gasteiger partial charge in [0.1, 0.15) is 6.07 Å². The largest absolute Gasteiger partial charge is 0.386 e. The number of rotatable bonds is 6. The molecular formula is C21H22ClN3O2. The molecule has 2 atom stereocenters. The molecule has 0 fully saturated rings. The van der Waals surface area contributed by atoms with Crippen LogP contribution in [0.4, 0.5) is 0 Å². The van der Waals surface area contributed by atoms with E-state index in [1.165, 1.54) is 0 Å². The van der Waals surface area contributed by atoms with E-state index in [1.54, 1.807) is 35.5 Å². The summed E-state index contributed by atoms with van der Waals surface area (Å²) in [4.78, 5) is 18.9. The Balaban J connectivity index is 1.73. The average molecular weight is 384 g/mol. The molecule has 0 saturated heterocycles. The Hall–Kier alpha value is -2.42. The van der Waals surface area contributed by atoms with E-state index in [-0.39, 0.29) is 18.4 Å². The molecule has 2 unspecified atom stereocenters. The van der Waals surface area contributed by atoms with Crippen LogP contribution >= 0.6 is 11.6 Å². The van der Waals surface area contributed by atoms with E-state index in [1.807, 2.05) is 13.0 Å². The van der Waals surface area contributed by atoms with Crippen molar-refractivity contribution >= 4 is 17.5 Å². The standard InChI is InChI=1S/C21H22ClN3O2/c1-2-6-25(13-20(26)14-4-3-5-24-12-14)21(27)17-7-15-9-18(11-23)19(22)10-16(15)8-17/h3-5,9-10,12,17,20,26H,2,6-8,13H2,1H3. The van der Waals surface area contributed by atoms with Crippen LogP contribution in [0.2, 0.25) is 5.02 Å². The van der Waals surface area contributed by atoms with E-state index in [2.05, 4.69) is 11.1 Å². The van der Waals surface area contributed by atoms with Crippen molar-refractivity contribution in [3.05, 3.63) is 63.9 Å². The van der Waals surface area contributed by atoms with Crippen molar-refractivity contribution in [2.75, 3.05) is 13.1 Å². The summed E-state index contributed by atoms with van der Waals surface area (Å²) < 4.78 is 0. The molecule has 5 nitrogen and oxygen atoms in total. The molecule has 3 rings (SSSR count). The number of nitrogens with zero attached hydrogens (tertiary/aromatic N) is 3. The molecule has 1 heterocycles. The lowest BCUT2D eigenvalue weighted by Crippen LogP contribution is -2.39. The average Bonchev–Trinajstić information content (AvgIpc) is 3.09. The highest BCUT2D eigenvalue weighted by atomic mass is 35.5. The number of amides is 1. The summed E-state index contributed by atoms with van der Waals surface area (Å²) in [6.45, 7) is 2.85. The summed E-state index contributed by atoms with van der Waals surface area (Å²) in [6, 6.07) is 9.27. The van der Waals surface area contributed by atoms with Gasteiger partial charge >= 0.3 is 0 Å². The topological polar surface area (TPSA) is 77.2 Å². The maximum absolute atomic E-state index is 13.1. The molecule has 2 aromatic rings.